The molecule has 10 nitrogen and oxygen atoms in total. The molecule has 0 aliphatic rings. The van der Waals surface area contributed by atoms with Gasteiger partial charge in [0, 0.05) is 25.1 Å². The van der Waals surface area contributed by atoms with E-state index in [0.29, 0.717) is 5.52 Å². The minimum atomic E-state index is -1.45. The van der Waals surface area contributed by atoms with Gasteiger partial charge in [0.1, 0.15) is 12.4 Å². The molecule has 3 rings (SSSR count). The molecule has 1 amide bonds. The number of Topliss-reactive ketones (excluding diaryl/α,β-unsaturated/α-hetero) is 1. The number of nitrogens with zero attached hydrogens (tertiary/aromatic N) is 3. The van der Waals surface area contributed by atoms with Crippen LogP contribution in [0.15, 0.2) is 36.7 Å². The Morgan fingerprint density at radius 2 is 1.89 bits per heavy atom. The van der Waals surface area contributed by atoms with Gasteiger partial charge in [-0.2, -0.15) is 16.9 Å². The third-order valence-electron chi connectivity index (χ3n) is 4.55. The van der Waals surface area contributed by atoms with Crippen LogP contribution in [-0.4, -0.2) is 61.9 Å². The third kappa shape index (κ3) is 8.29. The number of ketones is 1. The Kier molecular flexibility index (Phi) is 14.4. The number of rotatable bonds is 7. The summed E-state index contributed by atoms with van der Waals surface area (Å²) in [5.41, 5.74) is 5.62. The number of thioether (sulfide) groups is 1. The molecular formula is C22H25N4NaO6S2. The number of benzene rings is 1. The Bertz CT molecular complexity index is 1180. The Morgan fingerprint density at radius 1 is 1.26 bits per heavy atom. The van der Waals surface area contributed by atoms with Gasteiger partial charge in [-0.25, -0.2) is 0 Å². The van der Waals surface area contributed by atoms with Crippen LogP contribution in [0.4, 0.5) is 0 Å². The summed E-state index contributed by atoms with van der Waals surface area (Å²) in [5.74, 6) is -1.04. The number of hydrogen-bond acceptors (Lipinski definition) is 9. The first kappa shape index (κ1) is 32.5. The average molecular weight is 529 g/mol. The molecule has 2 aromatic heterocycles. The van der Waals surface area contributed by atoms with Gasteiger partial charge in [0.05, 0.1) is 27.7 Å². The van der Waals surface area contributed by atoms with Crippen LogP contribution < -0.4 is 45.1 Å². The van der Waals surface area contributed by atoms with E-state index in [1.165, 1.54) is 29.3 Å². The Hall–Kier alpha value is -2.51. The predicted octanol–water partition coefficient (Wildman–Crippen LogP) is -1.82. The van der Waals surface area contributed by atoms with Gasteiger partial charge in [-0.05, 0) is 44.2 Å². The quantitative estimate of drug-likeness (QED) is 0.162. The van der Waals surface area contributed by atoms with E-state index in [2.05, 4.69) is 23.2 Å². The number of aryl methyl sites for hydroxylation is 1. The smallest absolute Gasteiger partial charge is 0.546 e. The molecule has 0 saturated carbocycles. The topological polar surface area (TPSA) is 149 Å². The number of nitrogens with two attached hydrogens (primary N) is 1. The molecule has 35 heavy (non-hydrogen) atoms. The summed E-state index contributed by atoms with van der Waals surface area (Å²) >= 11 is 5.16. The summed E-state index contributed by atoms with van der Waals surface area (Å²) in [4.78, 5) is 47.3. The van der Waals surface area contributed by atoms with Crippen molar-refractivity contribution in [3.63, 3.8) is 0 Å². The second kappa shape index (κ2) is 15.5. The molecule has 2 N–H and O–H groups in total. The van der Waals surface area contributed by atoms with E-state index >= 15 is 0 Å². The maximum atomic E-state index is 12.8. The van der Waals surface area contributed by atoms with Gasteiger partial charge in [-0.15, -0.1) is 0 Å². The zero-order valence-electron chi connectivity index (χ0n) is 20.1. The van der Waals surface area contributed by atoms with Crippen molar-refractivity contribution in [2.75, 3.05) is 12.9 Å². The number of aromatic nitrogens is 3. The van der Waals surface area contributed by atoms with Crippen LogP contribution in [0.2, 0.25) is 0 Å². The van der Waals surface area contributed by atoms with Crippen LogP contribution in [0.1, 0.15) is 27.8 Å². The molecule has 0 bridgehead atoms. The van der Waals surface area contributed by atoms with Crippen LogP contribution >= 0.6 is 24.0 Å². The van der Waals surface area contributed by atoms with E-state index in [0.717, 1.165) is 0 Å². The van der Waals surface area contributed by atoms with Crippen molar-refractivity contribution in [1.29, 1.82) is 0 Å². The van der Waals surface area contributed by atoms with Crippen molar-refractivity contribution in [2.45, 2.75) is 19.1 Å². The van der Waals surface area contributed by atoms with Crippen LogP contribution in [0.5, 0.6) is 5.75 Å². The second-order valence-electron chi connectivity index (χ2n) is 6.70. The molecule has 0 aliphatic heterocycles. The maximum Gasteiger partial charge on any atom is 1.00 e. The number of primary amides is 1. The summed E-state index contributed by atoms with van der Waals surface area (Å²) in [5, 5.41) is 14.3. The van der Waals surface area contributed by atoms with E-state index in [1.54, 1.807) is 36.2 Å². The molecule has 182 valence electrons. The fourth-order valence-electron chi connectivity index (χ4n) is 3.00. The van der Waals surface area contributed by atoms with Crippen LogP contribution in [0.3, 0.4) is 0 Å². The number of hydrogen-bond donors (Lipinski definition) is 1. The monoisotopic (exact) mass is 528 g/mol. The molecule has 0 spiro atoms. The zero-order valence-corrected chi connectivity index (χ0v) is 23.8. The molecule has 1 aromatic carbocycles. The molecule has 0 saturated heterocycles. The zero-order chi connectivity index (χ0) is 26.0. The molecule has 1 atom stereocenters. The summed E-state index contributed by atoms with van der Waals surface area (Å²) in [6.45, 7) is 2.48. The molecule has 2 heterocycles. The molecule has 0 fully saturated rings. The Morgan fingerprint density at radius 3 is 2.31 bits per heavy atom. The van der Waals surface area contributed by atoms with Crippen molar-refractivity contribution in [3.8, 4) is 5.75 Å². The van der Waals surface area contributed by atoms with Gasteiger partial charge >= 0.3 is 29.6 Å². The summed E-state index contributed by atoms with van der Waals surface area (Å²) in [6.07, 6.45) is 5.41. The van der Waals surface area contributed by atoms with Gasteiger partial charge in [-0.1, -0.05) is 18.3 Å². The first-order valence-electron chi connectivity index (χ1n) is 9.70. The van der Waals surface area contributed by atoms with E-state index < -0.39 is 29.5 Å². The largest absolute Gasteiger partial charge is 1.00 e. The summed E-state index contributed by atoms with van der Waals surface area (Å²) in [6, 6.07) is 6.46. The van der Waals surface area contributed by atoms with Crippen molar-refractivity contribution < 1.29 is 58.6 Å². The second-order valence-corrected chi connectivity index (χ2v) is 7.87. The first-order chi connectivity index (χ1) is 16.1. The third-order valence-corrected chi connectivity index (χ3v) is 5.46. The van der Waals surface area contributed by atoms with E-state index in [-0.39, 0.29) is 57.9 Å². The molecule has 0 aliphatic carbocycles. The Labute approximate surface area is 234 Å². The van der Waals surface area contributed by atoms with Gasteiger partial charge in [0.2, 0.25) is 5.91 Å². The summed E-state index contributed by atoms with van der Waals surface area (Å²) < 4.78 is 8.26. The number of carboxylic acids is 1. The van der Waals surface area contributed by atoms with Gasteiger partial charge in [-0.3, -0.25) is 23.6 Å². The number of carbonyl (C=O) groups excluding carboxylic acids is 4. The fraction of sp³-hybridized carbons (Fsp3) is 0.273. The fourth-order valence-corrected chi connectivity index (χ4v) is 3.31. The van der Waals surface area contributed by atoms with Gasteiger partial charge in [0.25, 0.3) is 11.7 Å². The minimum absolute atomic E-state index is 0. The minimum Gasteiger partial charge on any atom is -0.546 e. The maximum absolute atomic E-state index is 12.8. The van der Waals surface area contributed by atoms with Crippen LogP contribution in [-0.2, 0) is 16.6 Å². The number of ether oxygens (including phenoxy) is 1. The molecule has 13 heteroatoms. The van der Waals surface area contributed by atoms with Gasteiger partial charge in [0.15, 0.2) is 0 Å². The number of carbonyl (C=O) groups is 4. The van der Waals surface area contributed by atoms with Crippen molar-refractivity contribution >= 4 is 64.3 Å². The number of carboxylic acid groups (broad SMARTS) is 1. The predicted molar refractivity (Wildman–Crippen MR) is 132 cm³/mol. The average Bonchev–Trinajstić information content (AvgIpc) is 3.41. The first-order valence-corrected chi connectivity index (χ1v) is 11.6. The SMILES string of the molecule is C=S.CSC(C)C(=O)n1c(C)c(C(=O)C(N)=O)c2c(OCC(=O)[O-])cccc21.Cn1cccn1.[Na+]. The number of amides is 1. The molecule has 3 aromatic rings. The number of thiocarbonyl (C=S) groups is 1. The van der Waals surface area contributed by atoms with Crippen molar-refractivity contribution in [2.24, 2.45) is 12.8 Å². The number of fused-ring (bicyclic) bond motifs is 1. The van der Waals surface area contributed by atoms with Crippen LogP contribution in [0, 0.1) is 6.92 Å². The normalized spacial score (nSPS) is 10.5. The van der Waals surface area contributed by atoms with E-state index in [4.69, 9.17) is 10.5 Å². The molecule has 0 radical (unpaired) electrons. The summed E-state index contributed by atoms with van der Waals surface area (Å²) in [7, 11) is 1.89. The standard InChI is InChI=1S/C17H18N2O6S.C4H6N2.CH2S.Na/c1-8-13(15(22)16(18)23)14-10(19(8)17(24)9(2)26-3)5-4-6-11(14)25-7-12(20)21;1-6-4-2-3-5-6;1-2;/h4-6,9H,7H2,1-3H3,(H2,18,23)(H,20,21);2-4H,1H3;1H2;/q;;;+1/p-1. The van der Waals surface area contributed by atoms with E-state index in [9.17, 15) is 24.3 Å². The van der Waals surface area contributed by atoms with Crippen molar-refractivity contribution in [1.82, 2.24) is 14.3 Å². The molecular weight excluding hydrogens is 503 g/mol. The van der Waals surface area contributed by atoms with Crippen molar-refractivity contribution in [3.05, 3.63) is 47.9 Å². The Balaban J connectivity index is 0.00000110. The van der Waals surface area contributed by atoms with Gasteiger partial charge < -0.3 is 20.4 Å². The molecule has 1 unspecified atom stereocenters. The van der Waals surface area contributed by atoms with Crippen LogP contribution in [0.25, 0.3) is 10.9 Å². The number of aliphatic carboxylic acids is 1. The van der Waals surface area contributed by atoms with E-state index in [1.807, 2.05) is 19.3 Å².